The second-order valence-electron chi connectivity index (χ2n) is 11.3. The number of fused-ring (bicyclic) bond motifs is 6. The van der Waals surface area contributed by atoms with Crippen molar-refractivity contribution in [2.45, 2.75) is 52.4 Å². The Morgan fingerprint density at radius 2 is 0.929 bits per heavy atom. The summed E-state index contributed by atoms with van der Waals surface area (Å²) in [7, 11) is 3.16. The summed E-state index contributed by atoms with van der Waals surface area (Å²) < 4.78 is 11.0. The third-order valence-electron chi connectivity index (χ3n) is 11.2. The Kier molecular flexibility index (Phi) is 3.39. The normalized spacial score (nSPS) is 59.9. The van der Waals surface area contributed by atoms with Gasteiger partial charge in [0.15, 0.2) is 0 Å². The second-order valence-corrected chi connectivity index (χ2v) is 11.3. The van der Waals surface area contributed by atoms with Crippen molar-refractivity contribution in [2.75, 3.05) is 14.2 Å². The van der Waals surface area contributed by atoms with E-state index >= 15 is 0 Å². The minimum absolute atomic E-state index is 0.0364. The van der Waals surface area contributed by atoms with Crippen molar-refractivity contribution >= 4 is 11.9 Å². The fraction of sp³-hybridized carbons (Fsp3) is 0.917. The summed E-state index contributed by atoms with van der Waals surface area (Å²) >= 11 is 0. The first-order valence-electron chi connectivity index (χ1n) is 11.6. The molecule has 0 aliphatic heterocycles. The molecule has 0 heterocycles. The zero-order valence-electron chi connectivity index (χ0n) is 17.6. The summed E-state index contributed by atoms with van der Waals surface area (Å²) in [6.45, 7) is 4.52. The minimum Gasteiger partial charge on any atom is -0.469 e. The Morgan fingerprint density at radius 3 is 1.18 bits per heavy atom. The summed E-state index contributed by atoms with van der Waals surface area (Å²) in [5.74, 6) is 5.10. The van der Waals surface area contributed by atoms with Crippen LogP contribution in [-0.2, 0) is 19.1 Å². The highest BCUT2D eigenvalue weighted by Gasteiger charge is 2.84. The lowest BCUT2D eigenvalue weighted by Gasteiger charge is -2.40. The molecule has 6 aliphatic rings. The highest BCUT2D eigenvalue weighted by molar-refractivity contribution is 5.81. The number of esters is 2. The van der Waals surface area contributed by atoms with E-state index in [-0.39, 0.29) is 22.8 Å². The summed E-state index contributed by atoms with van der Waals surface area (Å²) in [5, 5.41) is 0. The number of rotatable bonds is 2. The molecule has 0 radical (unpaired) electrons. The van der Waals surface area contributed by atoms with Crippen molar-refractivity contribution in [3.63, 3.8) is 0 Å². The largest absolute Gasteiger partial charge is 0.469 e. The van der Waals surface area contributed by atoms with Crippen molar-refractivity contribution in [2.24, 2.45) is 70.0 Å². The average Bonchev–Trinajstić information content (AvgIpc) is 3.45. The minimum atomic E-state index is -0.356. The van der Waals surface area contributed by atoms with Gasteiger partial charge in [0.2, 0.25) is 0 Å². The highest BCUT2D eigenvalue weighted by Crippen LogP contribution is 2.84. The van der Waals surface area contributed by atoms with E-state index in [0.717, 1.165) is 0 Å². The van der Waals surface area contributed by atoms with E-state index in [9.17, 15) is 9.59 Å². The molecule has 0 aromatic rings. The molecule has 0 aromatic carbocycles. The van der Waals surface area contributed by atoms with Crippen molar-refractivity contribution in [3.8, 4) is 0 Å². The van der Waals surface area contributed by atoms with Gasteiger partial charge < -0.3 is 9.47 Å². The molecule has 4 nitrogen and oxygen atoms in total. The highest BCUT2D eigenvalue weighted by atomic mass is 16.5. The third-order valence-corrected chi connectivity index (χ3v) is 11.2. The molecule has 6 saturated carbocycles. The van der Waals surface area contributed by atoms with Crippen LogP contribution in [0.15, 0.2) is 0 Å². The molecule has 4 unspecified atom stereocenters. The van der Waals surface area contributed by atoms with Gasteiger partial charge in [0.1, 0.15) is 0 Å². The van der Waals surface area contributed by atoms with Crippen molar-refractivity contribution in [3.05, 3.63) is 0 Å². The monoisotopic (exact) mass is 386 g/mol. The Labute approximate surface area is 168 Å². The first-order valence-corrected chi connectivity index (χ1v) is 11.6. The third kappa shape index (κ3) is 1.59. The van der Waals surface area contributed by atoms with Crippen LogP contribution in [0.2, 0.25) is 0 Å². The van der Waals surface area contributed by atoms with Crippen LogP contribution < -0.4 is 0 Å². The molecule has 0 saturated heterocycles. The summed E-state index contributed by atoms with van der Waals surface area (Å²) in [6, 6.07) is 0. The average molecular weight is 387 g/mol. The molecule has 6 rings (SSSR count). The van der Waals surface area contributed by atoms with Gasteiger partial charge >= 0.3 is 11.9 Å². The van der Waals surface area contributed by atoms with Crippen LogP contribution in [0, 0.1) is 70.0 Å². The van der Waals surface area contributed by atoms with Crippen molar-refractivity contribution < 1.29 is 19.1 Å². The molecule has 0 N–H and O–H groups in total. The van der Waals surface area contributed by atoms with Crippen LogP contribution in [0.4, 0.5) is 0 Å². The molecule has 6 fully saturated rings. The lowest BCUT2D eigenvalue weighted by molar-refractivity contribution is -0.160. The van der Waals surface area contributed by atoms with Gasteiger partial charge in [-0.1, -0.05) is 12.8 Å². The fourth-order valence-corrected chi connectivity index (χ4v) is 11.2. The molecule has 0 aromatic heterocycles. The van der Waals surface area contributed by atoms with Gasteiger partial charge in [-0.25, -0.2) is 0 Å². The Morgan fingerprint density at radius 1 is 0.643 bits per heavy atom. The zero-order valence-corrected chi connectivity index (χ0v) is 17.6. The summed E-state index contributed by atoms with van der Waals surface area (Å²) in [4.78, 5) is 26.7. The maximum absolute atomic E-state index is 13.4. The van der Waals surface area contributed by atoms with Crippen LogP contribution >= 0.6 is 0 Å². The molecule has 12 atom stereocenters. The lowest BCUT2D eigenvalue weighted by atomic mass is 9.63. The molecule has 28 heavy (non-hydrogen) atoms. The van der Waals surface area contributed by atoms with Crippen LogP contribution in [0.25, 0.3) is 0 Å². The molecule has 6 aliphatic carbocycles. The van der Waals surface area contributed by atoms with E-state index in [1.54, 1.807) is 14.2 Å². The standard InChI is InChI=1S/C24H34O4/c1-23(21(25)27-3)17-11-7-5-9-13(11)19-15(17)16-18(23)12-8-6-10-14(12)20(16)24(19,2)22(26)28-4/h11-20H,5-10H2,1-4H3/t11-,12-,13-,14-,15?,16?,17-,18-,19-,20+,23?,24?/m0/s1. The fourth-order valence-electron chi connectivity index (χ4n) is 11.2. The predicted octanol–water partition coefficient (Wildman–Crippen LogP) is 3.93. The van der Waals surface area contributed by atoms with Crippen molar-refractivity contribution in [1.82, 2.24) is 0 Å². The summed E-state index contributed by atoms with van der Waals surface area (Å²) in [6.07, 6.45) is 7.40. The maximum Gasteiger partial charge on any atom is 0.312 e. The first kappa shape index (κ1) is 17.8. The molecule has 154 valence electrons. The van der Waals surface area contributed by atoms with Gasteiger partial charge in [-0.2, -0.15) is 0 Å². The SMILES string of the molecule is COC(=O)C1(C)[C@@H]2C3C4[C@@H]1[C@H]1CCC[C@@H]1[C@H]4C(C)(C(=O)OC)[C@H]3[C@H]1CCC[C@@H]12. The number of ether oxygens (including phenoxy) is 2. The first-order chi connectivity index (χ1) is 13.4. The van der Waals surface area contributed by atoms with Gasteiger partial charge in [-0.15, -0.1) is 0 Å². The molecule has 4 heteroatoms. The molecular weight excluding hydrogens is 352 g/mol. The number of hydrogen-bond donors (Lipinski definition) is 0. The molecule has 0 amide bonds. The van der Waals surface area contributed by atoms with E-state index in [1.807, 2.05) is 0 Å². The summed E-state index contributed by atoms with van der Waals surface area (Å²) in [5.41, 5.74) is -0.711. The number of carbonyl (C=O) groups is 2. The topological polar surface area (TPSA) is 52.6 Å². The van der Waals surface area contributed by atoms with E-state index in [1.165, 1.54) is 38.5 Å². The Balaban J connectivity index is 1.59. The number of hydrogen-bond acceptors (Lipinski definition) is 4. The van der Waals surface area contributed by atoms with Crippen LogP contribution in [0.1, 0.15) is 52.4 Å². The molecule has 0 spiro atoms. The number of carbonyl (C=O) groups excluding carboxylic acids is 2. The maximum atomic E-state index is 13.4. The molecule has 0 bridgehead atoms. The Hall–Kier alpha value is -1.06. The van der Waals surface area contributed by atoms with E-state index in [2.05, 4.69) is 13.8 Å². The number of methoxy groups -OCH3 is 2. The van der Waals surface area contributed by atoms with Crippen LogP contribution in [-0.4, -0.2) is 26.2 Å². The van der Waals surface area contributed by atoms with E-state index in [0.29, 0.717) is 59.2 Å². The van der Waals surface area contributed by atoms with E-state index < -0.39 is 0 Å². The predicted molar refractivity (Wildman–Crippen MR) is 103 cm³/mol. The lowest BCUT2D eigenvalue weighted by Crippen LogP contribution is -2.44. The quantitative estimate of drug-likeness (QED) is 0.675. The van der Waals surface area contributed by atoms with Gasteiger partial charge in [0.25, 0.3) is 0 Å². The van der Waals surface area contributed by atoms with Gasteiger partial charge in [-0.3, -0.25) is 9.59 Å². The Bertz CT molecular complexity index is 645. The van der Waals surface area contributed by atoms with Crippen LogP contribution in [0.5, 0.6) is 0 Å². The van der Waals surface area contributed by atoms with Gasteiger partial charge in [0, 0.05) is 0 Å². The van der Waals surface area contributed by atoms with Crippen molar-refractivity contribution in [1.29, 1.82) is 0 Å². The smallest absolute Gasteiger partial charge is 0.312 e. The van der Waals surface area contributed by atoms with E-state index in [4.69, 9.17) is 9.47 Å². The molecular formula is C24H34O4. The van der Waals surface area contributed by atoms with Gasteiger partial charge in [0.05, 0.1) is 25.0 Å². The zero-order chi connectivity index (χ0) is 19.6. The second kappa shape index (κ2) is 5.35. The van der Waals surface area contributed by atoms with Gasteiger partial charge in [-0.05, 0) is 98.7 Å². The van der Waals surface area contributed by atoms with Crippen LogP contribution in [0.3, 0.4) is 0 Å².